The molecular formula is C27H36N2O7S. The number of aliphatic hydroxyl groups excluding tert-OH is 2. The quantitative estimate of drug-likeness (QED) is 0.243. The Kier molecular flexibility index (Phi) is 11.7. The topological polar surface area (TPSA) is 126 Å². The highest BCUT2D eigenvalue weighted by atomic mass is 32.2. The summed E-state index contributed by atoms with van der Waals surface area (Å²) >= 11 is 1.65. The number of benzene rings is 2. The van der Waals surface area contributed by atoms with Crippen LogP contribution in [0.2, 0.25) is 0 Å². The van der Waals surface area contributed by atoms with Crippen molar-refractivity contribution in [3.8, 4) is 0 Å². The number of hydrogen-bond donors (Lipinski definition) is 4. The Morgan fingerprint density at radius 1 is 0.973 bits per heavy atom. The molecular weight excluding hydrogens is 496 g/mol. The van der Waals surface area contributed by atoms with Crippen LogP contribution >= 0.6 is 11.8 Å². The molecule has 0 aliphatic carbocycles. The van der Waals surface area contributed by atoms with Crippen LogP contribution in [0, 0.1) is 5.92 Å². The molecule has 1 aliphatic heterocycles. The maximum atomic E-state index is 11.9. The number of carbonyl (C=O) groups is 2. The van der Waals surface area contributed by atoms with Crippen LogP contribution in [0.5, 0.6) is 0 Å². The van der Waals surface area contributed by atoms with Crippen molar-refractivity contribution in [3.63, 3.8) is 0 Å². The van der Waals surface area contributed by atoms with E-state index in [0.717, 1.165) is 28.0 Å². The Morgan fingerprint density at radius 3 is 2.30 bits per heavy atom. The Labute approximate surface area is 221 Å². The molecule has 37 heavy (non-hydrogen) atoms. The molecule has 2 aromatic carbocycles. The molecule has 2 aromatic rings. The zero-order valence-corrected chi connectivity index (χ0v) is 22.0. The van der Waals surface area contributed by atoms with Gasteiger partial charge in [-0.05, 0) is 23.6 Å². The summed E-state index contributed by atoms with van der Waals surface area (Å²) in [6.07, 6.45) is -0.855. The number of amides is 2. The Morgan fingerprint density at radius 2 is 1.65 bits per heavy atom. The van der Waals surface area contributed by atoms with Gasteiger partial charge in [0.2, 0.25) is 0 Å². The molecule has 1 aliphatic rings. The van der Waals surface area contributed by atoms with Crippen molar-refractivity contribution >= 4 is 23.8 Å². The number of thioether (sulfide) groups is 1. The predicted octanol–water partition coefficient (Wildman–Crippen LogP) is 3.06. The first-order valence-electron chi connectivity index (χ1n) is 12.4. The zero-order chi connectivity index (χ0) is 26.6. The number of nitrogens with one attached hydrogen (secondary N) is 2. The van der Waals surface area contributed by atoms with Crippen LogP contribution in [0.15, 0.2) is 48.5 Å². The van der Waals surface area contributed by atoms with Crippen molar-refractivity contribution in [2.45, 2.75) is 45.5 Å². The van der Waals surface area contributed by atoms with Gasteiger partial charge in [0, 0.05) is 29.5 Å². The number of esters is 1. The van der Waals surface area contributed by atoms with Crippen LogP contribution in [0.4, 0.5) is 4.79 Å². The van der Waals surface area contributed by atoms with E-state index in [-0.39, 0.29) is 44.5 Å². The van der Waals surface area contributed by atoms with E-state index >= 15 is 0 Å². The second kappa shape index (κ2) is 14.9. The van der Waals surface area contributed by atoms with Crippen molar-refractivity contribution in [1.29, 1.82) is 0 Å². The van der Waals surface area contributed by atoms with Crippen LogP contribution in [-0.2, 0) is 32.2 Å². The Hall–Kier alpha value is -2.63. The van der Waals surface area contributed by atoms with E-state index in [9.17, 15) is 19.8 Å². The largest absolute Gasteiger partial charge is 0.465 e. The highest BCUT2D eigenvalue weighted by Crippen LogP contribution is 2.42. The third-order valence-corrected chi connectivity index (χ3v) is 7.08. The molecule has 4 N–H and O–H groups in total. The van der Waals surface area contributed by atoms with Gasteiger partial charge in [-0.3, -0.25) is 4.79 Å². The number of ether oxygens (including phenoxy) is 3. The first-order valence-corrected chi connectivity index (χ1v) is 13.6. The van der Waals surface area contributed by atoms with E-state index in [1.165, 1.54) is 0 Å². The van der Waals surface area contributed by atoms with Gasteiger partial charge in [0.15, 0.2) is 6.29 Å². The van der Waals surface area contributed by atoms with Crippen molar-refractivity contribution in [2.24, 2.45) is 5.92 Å². The first kappa shape index (κ1) is 28.9. The van der Waals surface area contributed by atoms with Gasteiger partial charge in [-0.25, -0.2) is 4.79 Å². The molecule has 10 heteroatoms. The van der Waals surface area contributed by atoms with Crippen molar-refractivity contribution in [1.82, 2.24) is 10.6 Å². The minimum atomic E-state index is -0.576. The summed E-state index contributed by atoms with van der Waals surface area (Å²) in [6.45, 7) is 4.29. The minimum absolute atomic E-state index is 0.0121. The van der Waals surface area contributed by atoms with Crippen molar-refractivity contribution in [3.05, 3.63) is 70.8 Å². The third-order valence-electron chi connectivity index (χ3n) is 6.04. The normalized spacial score (nSPS) is 21.3. The SMILES string of the molecule is CCOC(=O)CNC(=O)NCc1ccc([C@@H]2O[C@H](CSCCO)[C@H](C)[C@H](c3ccc(CO)cc3)O2)cc1. The average molecular weight is 533 g/mol. The van der Waals surface area contributed by atoms with Crippen molar-refractivity contribution in [2.75, 3.05) is 31.3 Å². The van der Waals surface area contributed by atoms with Crippen LogP contribution in [-0.4, -0.2) is 59.6 Å². The fourth-order valence-electron chi connectivity index (χ4n) is 3.98. The number of aliphatic hydroxyl groups is 2. The number of urea groups is 1. The molecule has 0 radical (unpaired) electrons. The van der Waals surface area contributed by atoms with E-state index in [1.54, 1.807) is 18.7 Å². The lowest BCUT2D eigenvalue weighted by atomic mass is 9.91. The zero-order valence-electron chi connectivity index (χ0n) is 21.2. The first-order chi connectivity index (χ1) is 17.9. The van der Waals surface area contributed by atoms with Gasteiger partial charge in [-0.2, -0.15) is 11.8 Å². The van der Waals surface area contributed by atoms with E-state index in [0.29, 0.717) is 12.3 Å². The summed E-state index contributed by atoms with van der Waals surface area (Å²) < 4.78 is 17.6. The second-order valence-corrected chi connectivity index (χ2v) is 9.85. The molecule has 0 saturated carbocycles. The van der Waals surface area contributed by atoms with Gasteiger partial charge in [0.25, 0.3) is 0 Å². The number of hydrogen-bond acceptors (Lipinski definition) is 8. The molecule has 1 fully saturated rings. The highest BCUT2D eigenvalue weighted by molar-refractivity contribution is 7.99. The molecule has 2 amide bonds. The highest BCUT2D eigenvalue weighted by Gasteiger charge is 2.38. The average Bonchev–Trinajstić information content (AvgIpc) is 2.92. The van der Waals surface area contributed by atoms with E-state index in [1.807, 2.05) is 48.5 Å². The standard InChI is InChI=1S/C27H36N2O7S/c1-3-34-24(32)15-29-27(33)28-14-19-4-10-22(11-5-19)26-35-23(17-37-13-12-30)18(2)25(36-26)21-8-6-20(16-31)7-9-21/h4-11,18,23,25-26,30-31H,3,12-17H2,1-2H3,(H2,28,29,33)/t18-,23+,25+,26+/m0/s1. The lowest BCUT2D eigenvalue weighted by Crippen LogP contribution is -2.39. The monoisotopic (exact) mass is 532 g/mol. The van der Waals surface area contributed by atoms with Crippen LogP contribution in [0.3, 0.4) is 0 Å². The van der Waals surface area contributed by atoms with E-state index < -0.39 is 18.3 Å². The summed E-state index contributed by atoms with van der Waals surface area (Å²) in [6, 6.07) is 14.9. The molecule has 3 rings (SSSR count). The Balaban J connectivity index is 1.65. The number of rotatable bonds is 12. The summed E-state index contributed by atoms with van der Waals surface area (Å²) in [5, 5.41) is 23.8. The van der Waals surface area contributed by atoms with Crippen LogP contribution in [0.1, 0.15) is 48.5 Å². The predicted molar refractivity (Wildman–Crippen MR) is 141 cm³/mol. The third kappa shape index (κ3) is 8.72. The van der Waals surface area contributed by atoms with Crippen LogP contribution in [0.25, 0.3) is 0 Å². The van der Waals surface area contributed by atoms with Gasteiger partial charge in [0.1, 0.15) is 6.54 Å². The van der Waals surface area contributed by atoms with E-state index in [2.05, 4.69) is 17.6 Å². The lowest BCUT2D eigenvalue weighted by Gasteiger charge is -2.41. The summed E-state index contributed by atoms with van der Waals surface area (Å²) in [7, 11) is 0. The molecule has 0 spiro atoms. The molecule has 1 heterocycles. The summed E-state index contributed by atoms with van der Waals surface area (Å²) in [4.78, 5) is 23.3. The summed E-state index contributed by atoms with van der Waals surface area (Å²) in [5.74, 6) is 0.970. The van der Waals surface area contributed by atoms with E-state index in [4.69, 9.17) is 14.2 Å². The van der Waals surface area contributed by atoms with Crippen LogP contribution < -0.4 is 10.6 Å². The van der Waals surface area contributed by atoms with Gasteiger partial charge in [-0.1, -0.05) is 55.5 Å². The molecule has 9 nitrogen and oxygen atoms in total. The molecule has 4 atom stereocenters. The molecule has 0 bridgehead atoms. The smallest absolute Gasteiger partial charge is 0.325 e. The van der Waals surface area contributed by atoms with Gasteiger partial charge < -0.3 is 35.1 Å². The lowest BCUT2D eigenvalue weighted by molar-refractivity contribution is -0.268. The molecule has 0 unspecified atom stereocenters. The molecule has 202 valence electrons. The second-order valence-electron chi connectivity index (χ2n) is 8.70. The fourth-order valence-corrected chi connectivity index (χ4v) is 4.89. The maximum Gasteiger partial charge on any atom is 0.325 e. The Bertz CT molecular complexity index is 987. The van der Waals surface area contributed by atoms with Gasteiger partial charge >= 0.3 is 12.0 Å². The maximum absolute atomic E-state index is 11.9. The molecule has 1 saturated heterocycles. The minimum Gasteiger partial charge on any atom is -0.465 e. The fraction of sp³-hybridized carbons (Fsp3) is 0.481. The molecule has 0 aromatic heterocycles. The van der Waals surface area contributed by atoms with Gasteiger partial charge in [0.05, 0.1) is 32.0 Å². The number of carbonyl (C=O) groups excluding carboxylic acids is 2. The summed E-state index contributed by atoms with van der Waals surface area (Å²) in [5.41, 5.74) is 3.60. The van der Waals surface area contributed by atoms with Crippen molar-refractivity contribution < 1.29 is 34.0 Å². The van der Waals surface area contributed by atoms with Gasteiger partial charge in [-0.15, -0.1) is 0 Å².